The Morgan fingerprint density at radius 1 is 1.37 bits per heavy atom. The number of hydrogen-bond acceptors (Lipinski definition) is 5. The minimum atomic E-state index is -4.45. The SMILES string of the molecule is CC1=NOC(=O)C1N=Nc1cccc(C(F)(F)F)c1. The zero-order chi connectivity index (χ0) is 14.0. The second kappa shape index (κ2) is 4.79. The summed E-state index contributed by atoms with van der Waals surface area (Å²) in [4.78, 5) is 15.5. The number of oxime groups is 1. The number of carbonyl (C=O) groups is 1. The van der Waals surface area contributed by atoms with Gasteiger partial charge in [-0.25, -0.2) is 4.79 Å². The maximum absolute atomic E-state index is 12.5. The van der Waals surface area contributed by atoms with Gasteiger partial charge >= 0.3 is 12.1 Å². The zero-order valence-corrected chi connectivity index (χ0v) is 9.68. The molecule has 2 rings (SSSR count). The van der Waals surface area contributed by atoms with Crippen molar-refractivity contribution in [2.24, 2.45) is 15.4 Å². The van der Waals surface area contributed by atoms with E-state index in [4.69, 9.17) is 0 Å². The van der Waals surface area contributed by atoms with Crippen LogP contribution in [0.15, 0.2) is 39.6 Å². The van der Waals surface area contributed by atoms with Crippen molar-refractivity contribution in [3.63, 3.8) is 0 Å². The first-order valence-corrected chi connectivity index (χ1v) is 5.21. The maximum Gasteiger partial charge on any atom is 0.416 e. The Bertz CT molecular complexity index is 567. The van der Waals surface area contributed by atoms with Gasteiger partial charge in [0.15, 0.2) is 0 Å². The van der Waals surface area contributed by atoms with E-state index in [1.807, 2.05) is 0 Å². The predicted molar refractivity (Wildman–Crippen MR) is 58.9 cm³/mol. The molecule has 1 aromatic carbocycles. The van der Waals surface area contributed by atoms with Crippen LogP contribution in [-0.2, 0) is 15.8 Å². The third-order valence-corrected chi connectivity index (χ3v) is 2.36. The Hall–Kier alpha value is -2.25. The molecule has 0 saturated carbocycles. The lowest BCUT2D eigenvalue weighted by Gasteiger charge is -2.06. The summed E-state index contributed by atoms with van der Waals surface area (Å²) in [5.74, 6) is -0.701. The third-order valence-electron chi connectivity index (χ3n) is 2.36. The molecule has 8 heteroatoms. The van der Waals surface area contributed by atoms with Crippen LogP contribution in [0.25, 0.3) is 0 Å². The summed E-state index contributed by atoms with van der Waals surface area (Å²) in [5, 5.41) is 10.6. The van der Waals surface area contributed by atoms with E-state index in [1.54, 1.807) is 0 Å². The van der Waals surface area contributed by atoms with Gasteiger partial charge in [0.25, 0.3) is 0 Å². The smallest absolute Gasteiger partial charge is 0.315 e. The van der Waals surface area contributed by atoms with Crippen molar-refractivity contribution in [3.05, 3.63) is 29.8 Å². The summed E-state index contributed by atoms with van der Waals surface area (Å²) in [6, 6.07) is 3.34. The third kappa shape index (κ3) is 2.95. The quantitative estimate of drug-likeness (QED) is 0.612. The summed E-state index contributed by atoms with van der Waals surface area (Å²) in [6.07, 6.45) is -4.45. The standard InChI is InChI=1S/C11H8F3N3O2/c1-6-9(10(18)19-17-6)16-15-8-4-2-3-7(5-8)11(12,13)14/h2-5,9H,1H3. The van der Waals surface area contributed by atoms with E-state index in [2.05, 4.69) is 20.2 Å². The minimum absolute atomic E-state index is 0.00215. The van der Waals surface area contributed by atoms with Crippen LogP contribution in [0.1, 0.15) is 12.5 Å². The average molecular weight is 271 g/mol. The maximum atomic E-state index is 12.5. The fourth-order valence-corrected chi connectivity index (χ4v) is 1.39. The highest BCUT2D eigenvalue weighted by Crippen LogP contribution is 2.31. The van der Waals surface area contributed by atoms with Crippen molar-refractivity contribution in [3.8, 4) is 0 Å². The van der Waals surface area contributed by atoms with Gasteiger partial charge in [-0.1, -0.05) is 11.2 Å². The van der Waals surface area contributed by atoms with E-state index < -0.39 is 23.8 Å². The van der Waals surface area contributed by atoms with Gasteiger partial charge in [0.2, 0.25) is 6.04 Å². The number of alkyl halides is 3. The van der Waals surface area contributed by atoms with Crippen molar-refractivity contribution in [1.29, 1.82) is 0 Å². The summed E-state index contributed by atoms with van der Waals surface area (Å²) >= 11 is 0. The number of azo groups is 1. The van der Waals surface area contributed by atoms with E-state index in [0.717, 1.165) is 12.1 Å². The molecule has 1 heterocycles. The van der Waals surface area contributed by atoms with Gasteiger partial charge in [-0.05, 0) is 25.1 Å². The lowest BCUT2D eigenvalue weighted by molar-refractivity contribution is -0.141. The second-order valence-electron chi connectivity index (χ2n) is 3.81. The van der Waals surface area contributed by atoms with Gasteiger partial charge in [0, 0.05) is 0 Å². The molecule has 0 spiro atoms. The van der Waals surface area contributed by atoms with Crippen molar-refractivity contribution in [2.45, 2.75) is 19.1 Å². The van der Waals surface area contributed by atoms with Gasteiger partial charge in [0.1, 0.15) is 0 Å². The van der Waals surface area contributed by atoms with E-state index in [9.17, 15) is 18.0 Å². The van der Waals surface area contributed by atoms with Gasteiger partial charge < -0.3 is 4.84 Å². The molecule has 1 aromatic rings. The van der Waals surface area contributed by atoms with Crippen LogP contribution in [0.5, 0.6) is 0 Å². The number of nitrogens with zero attached hydrogens (tertiary/aromatic N) is 3. The number of carbonyl (C=O) groups excluding carboxylic acids is 1. The van der Waals surface area contributed by atoms with Crippen LogP contribution in [-0.4, -0.2) is 17.7 Å². The van der Waals surface area contributed by atoms with Crippen LogP contribution in [0.2, 0.25) is 0 Å². The van der Waals surface area contributed by atoms with Gasteiger partial charge in [0.05, 0.1) is 17.0 Å². The molecule has 1 aliphatic rings. The fourth-order valence-electron chi connectivity index (χ4n) is 1.39. The fraction of sp³-hybridized carbons (Fsp3) is 0.273. The monoisotopic (exact) mass is 271 g/mol. The molecule has 0 aromatic heterocycles. The van der Waals surface area contributed by atoms with Crippen LogP contribution < -0.4 is 0 Å². The van der Waals surface area contributed by atoms with Crippen molar-refractivity contribution in [1.82, 2.24) is 0 Å². The Labute approximate surface area is 105 Å². The summed E-state index contributed by atoms with van der Waals surface area (Å²) in [7, 11) is 0. The highest BCUT2D eigenvalue weighted by molar-refractivity contribution is 6.07. The predicted octanol–water partition coefficient (Wildman–Crippen LogP) is 3.09. The summed E-state index contributed by atoms with van der Waals surface area (Å²) < 4.78 is 37.4. The highest BCUT2D eigenvalue weighted by atomic mass is 19.4. The molecule has 1 atom stereocenters. The molecule has 19 heavy (non-hydrogen) atoms. The van der Waals surface area contributed by atoms with E-state index in [0.29, 0.717) is 5.71 Å². The lowest BCUT2D eigenvalue weighted by Crippen LogP contribution is -2.19. The van der Waals surface area contributed by atoms with Crippen LogP contribution in [0.3, 0.4) is 0 Å². The number of benzene rings is 1. The van der Waals surface area contributed by atoms with Gasteiger partial charge in [-0.3, -0.25) is 0 Å². The van der Waals surface area contributed by atoms with Crippen LogP contribution in [0, 0.1) is 0 Å². The first-order valence-electron chi connectivity index (χ1n) is 5.21. The molecule has 0 N–H and O–H groups in total. The zero-order valence-electron chi connectivity index (χ0n) is 9.68. The summed E-state index contributed by atoms with van der Waals surface area (Å²) in [5.41, 5.74) is -0.522. The van der Waals surface area contributed by atoms with E-state index in [-0.39, 0.29) is 5.69 Å². The van der Waals surface area contributed by atoms with Crippen LogP contribution >= 0.6 is 0 Å². The molecule has 0 amide bonds. The van der Waals surface area contributed by atoms with Crippen LogP contribution in [0.4, 0.5) is 18.9 Å². The molecule has 5 nitrogen and oxygen atoms in total. The minimum Gasteiger partial charge on any atom is -0.315 e. The normalized spacial score (nSPS) is 19.7. The first-order chi connectivity index (χ1) is 8.88. The molecule has 0 bridgehead atoms. The molecule has 0 fully saturated rings. The number of hydrogen-bond donors (Lipinski definition) is 0. The van der Waals surface area contributed by atoms with E-state index in [1.165, 1.54) is 19.1 Å². The topological polar surface area (TPSA) is 63.4 Å². The van der Waals surface area contributed by atoms with Gasteiger partial charge in [-0.2, -0.15) is 23.4 Å². The number of halogens is 3. The first kappa shape index (κ1) is 13.2. The molecule has 1 unspecified atom stereocenters. The van der Waals surface area contributed by atoms with E-state index >= 15 is 0 Å². The largest absolute Gasteiger partial charge is 0.416 e. The Morgan fingerprint density at radius 3 is 2.68 bits per heavy atom. The van der Waals surface area contributed by atoms with Crippen molar-refractivity contribution in [2.75, 3.05) is 0 Å². The molecule has 100 valence electrons. The molecule has 0 radical (unpaired) electrons. The Balaban J connectivity index is 2.20. The Morgan fingerprint density at radius 2 is 2.11 bits per heavy atom. The molecular weight excluding hydrogens is 263 g/mol. The van der Waals surface area contributed by atoms with Crippen molar-refractivity contribution >= 4 is 17.4 Å². The van der Waals surface area contributed by atoms with Crippen molar-refractivity contribution < 1.29 is 22.8 Å². The van der Waals surface area contributed by atoms with Gasteiger partial charge in [-0.15, -0.1) is 0 Å². The molecule has 1 aliphatic heterocycles. The lowest BCUT2D eigenvalue weighted by atomic mass is 10.2. The molecule has 0 saturated heterocycles. The highest BCUT2D eigenvalue weighted by Gasteiger charge is 2.31. The molecular formula is C11H8F3N3O2. The summed E-state index contributed by atoms with van der Waals surface area (Å²) in [6.45, 7) is 1.51. The number of rotatable bonds is 2. The molecule has 0 aliphatic carbocycles. The average Bonchev–Trinajstić information content (AvgIpc) is 2.66. The Kier molecular flexibility index (Phi) is 3.32. The second-order valence-corrected chi connectivity index (χ2v) is 3.81.